The number of nitrogens with zero attached hydrogens (tertiary/aromatic N) is 1. The SMILES string of the molecule is CCCCNC(=O)Nc1snc(OCCC)c1C(=O)O. The van der Waals surface area contributed by atoms with Crippen molar-refractivity contribution in [3.8, 4) is 5.88 Å². The number of hydrogen-bond acceptors (Lipinski definition) is 5. The van der Waals surface area contributed by atoms with E-state index in [9.17, 15) is 14.7 Å². The highest BCUT2D eigenvalue weighted by Gasteiger charge is 2.23. The van der Waals surface area contributed by atoms with E-state index in [2.05, 4.69) is 15.0 Å². The number of unbranched alkanes of at least 4 members (excludes halogenated alkanes) is 1. The Morgan fingerprint density at radius 3 is 2.70 bits per heavy atom. The molecule has 0 aromatic carbocycles. The number of carboxylic acid groups (broad SMARTS) is 1. The molecule has 0 aliphatic rings. The van der Waals surface area contributed by atoms with Gasteiger partial charge in [0.15, 0.2) is 5.56 Å². The summed E-state index contributed by atoms with van der Waals surface area (Å²) in [6.07, 6.45) is 2.58. The zero-order valence-corrected chi connectivity index (χ0v) is 12.4. The first-order chi connectivity index (χ1) is 9.60. The predicted octanol–water partition coefficient (Wildman–Crippen LogP) is 2.55. The van der Waals surface area contributed by atoms with Crippen LogP contribution >= 0.6 is 11.5 Å². The lowest BCUT2D eigenvalue weighted by molar-refractivity contribution is 0.0693. The highest BCUT2D eigenvalue weighted by Crippen LogP contribution is 2.30. The van der Waals surface area contributed by atoms with E-state index in [4.69, 9.17) is 4.74 Å². The zero-order valence-electron chi connectivity index (χ0n) is 11.6. The fourth-order valence-corrected chi connectivity index (χ4v) is 2.10. The number of aromatic nitrogens is 1. The fraction of sp³-hybridized carbons (Fsp3) is 0.583. The molecule has 0 spiro atoms. The van der Waals surface area contributed by atoms with E-state index in [1.807, 2.05) is 13.8 Å². The molecule has 20 heavy (non-hydrogen) atoms. The van der Waals surface area contributed by atoms with Crippen molar-refractivity contribution in [2.24, 2.45) is 0 Å². The van der Waals surface area contributed by atoms with Crippen molar-refractivity contribution in [1.82, 2.24) is 9.69 Å². The normalized spacial score (nSPS) is 10.1. The maximum atomic E-state index is 11.6. The van der Waals surface area contributed by atoms with Crippen LogP contribution in [0.5, 0.6) is 5.88 Å². The molecule has 7 nitrogen and oxygen atoms in total. The van der Waals surface area contributed by atoms with Crippen molar-refractivity contribution in [2.45, 2.75) is 33.1 Å². The van der Waals surface area contributed by atoms with Crippen molar-refractivity contribution >= 4 is 28.5 Å². The summed E-state index contributed by atoms with van der Waals surface area (Å²) in [5.41, 5.74) is -0.103. The minimum absolute atomic E-state index is 0.0493. The number of urea groups is 1. The maximum Gasteiger partial charge on any atom is 0.344 e. The summed E-state index contributed by atoms with van der Waals surface area (Å²) in [6.45, 7) is 4.85. The molecule has 0 aliphatic heterocycles. The van der Waals surface area contributed by atoms with Crippen LogP contribution < -0.4 is 15.4 Å². The minimum Gasteiger partial charge on any atom is -0.477 e. The molecule has 0 unspecified atom stereocenters. The smallest absolute Gasteiger partial charge is 0.344 e. The first kappa shape index (κ1) is 16.2. The summed E-state index contributed by atoms with van der Waals surface area (Å²) in [4.78, 5) is 22.8. The van der Waals surface area contributed by atoms with Gasteiger partial charge >= 0.3 is 12.0 Å². The van der Waals surface area contributed by atoms with Gasteiger partial charge in [0.2, 0.25) is 5.88 Å². The van der Waals surface area contributed by atoms with Gasteiger partial charge in [-0.25, -0.2) is 9.59 Å². The van der Waals surface area contributed by atoms with Crippen LogP contribution in [0.25, 0.3) is 0 Å². The molecule has 0 saturated carbocycles. The van der Waals surface area contributed by atoms with Gasteiger partial charge in [0, 0.05) is 6.54 Å². The van der Waals surface area contributed by atoms with Gasteiger partial charge in [0.1, 0.15) is 5.00 Å². The second kappa shape index (κ2) is 8.36. The van der Waals surface area contributed by atoms with Gasteiger partial charge in [-0.15, -0.1) is 0 Å². The molecule has 8 heteroatoms. The molecule has 1 aromatic rings. The van der Waals surface area contributed by atoms with Crippen molar-refractivity contribution in [1.29, 1.82) is 0 Å². The number of carboxylic acids is 1. The molecule has 0 aliphatic carbocycles. The molecule has 0 bridgehead atoms. The Labute approximate surface area is 121 Å². The summed E-state index contributed by atoms with van der Waals surface area (Å²) in [7, 11) is 0. The standard InChI is InChI=1S/C12H19N3O4S/c1-3-5-6-13-12(18)14-10-8(11(16)17)9(15-20-10)19-7-4-2/h3-7H2,1-2H3,(H,16,17)(H2,13,14,18). The van der Waals surface area contributed by atoms with E-state index in [1.165, 1.54) is 0 Å². The predicted molar refractivity (Wildman–Crippen MR) is 76.8 cm³/mol. The summed E-state index contributed by atoms with van der Waals surface area (Å²) in [5.74, 6) is -1.12. The molecular formula is C12H19N3O4S. The van der Waals surface area contributed by atoms with Crippen LogP contribution in [0.4, 0.5) is 9.80 Å². The number of aromatic carboxylic acids is 1. The molecule has 0 saturated heterocycles. The van der Waals surface area contributed by atoms with Crippen LogP contribution in [0.3, 0.4) is 0 Å². The molecule has 0 fully saturated rings. The monoisotopic (exact) mass is 301 g/mol. The number of amides is 2. The van der Waals surface area contributed by atoms with E-state index < -0.39 is 12.0 Å². The Morgan fingerprint density at radius 2 is 2.10 bits per heavy atom. The first-order valence-corrected chi connectivity index (χ1v) is 7.28. The van der Waals surface area contributed by atoms with Gasteiger partial charge in [0.25, 0.3) is 0 Å². The Morgan fingerprint density at radius 1 is 1.35 bits per heavy atom. The highest BCUT2D eigenvalue weighted by atomic mass is 32.1. The van der Waals surface area contributed by atoms with E-state index in [1.54, 1.807) is 0 Å². The van der Waals surface area contributed by atoms with Gasteiger partial charge in [-0.1, -0.05) is 20.3 Å². The molecule has 2 amide bonds. The summed E-state index contributed by atoms with van der Waals surface area (Å²) < 4.78 is 9.18. The van der Waals surface area contributed by atoms with Crippen molar-refractivity contribution in [3.05, 3.63) is 5.56 Å². The topological polar surface area (TPSA) is 101 Å². The van der Waals surface area contributed by atoms with Crippen LogP contribution in [-0.4, -0.2) is 34.6 Å². The highest BCUT2D eigenvalue weighted by molar-refractivity contribution is 7.11. The van der Waals surface area contributed by atoms with Crippen molar-refractivity contribution in [3.63, 3.8) is 0 Å². The van der Waals surface area contributed by atoms with E-state index >= 15 is 0 Å². The molecule has 112 valence electrons. The Kier molecular flexibility index (Phi) is 6.78. The Balaban J connectivity index is 2.71. The lowest BCUT2D eigenvalue weighted by Gasteiger charge is -2.06. The number of hydrogen-bond donors (Lipinski definition) is 3. The third kappa shape index (κ3) is 4.69. The minimum atomic E-state index is -1.17. The number of nitrogens with one attached hydrogen (secondary N) is 2. The number of carbonyl (C=O) groups excluding carboxylic acids is 1. The molecule has 1 rings (SSSR count). The zero-order chi connectivity index (χ0) is 15.0. The second-order valence-corrected chi connectivity index (χ2v) is 4.85. The fourth-order valence-electron chi connectivity index (χ4n) is 1.37. The number of ether oxygens (including phenoxy) is 1. The molecule has 1 heterocycles. The molecular weight excluding hydrogens is 282 g/mol. The quantitative estimate of drug-likeness (QED) is 0.641. The third-order valence-electron chi connectivity index (χ3n) is 2.36. The number of anilines is 1. The maximum absolute atomic E-state index is 11.6. The van der Waals surface area contributed by atoms with Gasteiger partial charge in [0.05, 0.1) is 6.61 Å². The van der Waals surface area contributed by atoms with Crippen LogP contribution in [0.2, 0.25) is 0 Å². The van der Waals surface area contributed by atoms with E-state index in [0.717, 1.165) is 30.8 Å². The summed E-state index contributed by atoms with van der Waals surface area (Å²) in [5, 5.41) is 14.5. The van der Waals surface area contributed by atoms with Crippen molar-refractivity contribution < 1.29 is 19.4 Å². The van der Waals surface area contributed by atoms with Crippen LogP contribution in [-0.2, 0) is 0 Å². The van der Waals surface area contributed by atoms with Gasteiger partial charge in [-0.2, -0.15) is 4.37 Å². The molecule has 0 atom stereocenters. The van der Waals surface area contributed by atoms with Gasteiger partial charge in [-0.3, -0.25) is 5.32 Å². The Hall–Kier alpha value is -1.83. The van der Waals surface area contributed by atoms with E-state index in [-0.39, 0.29) is 16.4 Å². The van der Waals surface area contributed by atoms with Gasteiger partial charge < -0.3 is 15.2 Å². The average Bonchev–Trinajstić information content (AvgIpc) is 2.79. The lowest BCUT2D eigenvalue weighted by Crippen LogP contribution is -2.29. The average molecular weight is 301 g/mol. The number of rotatable bonds is 8. The van der Waals surface area contributed by atoms with Gasteiger partial charge in [-0.05, 0) is 24.4 Å². The lowest BCUT2D eigenvalue weighted by atomic mass is 10.3. The molecule has 0 radical (unpaired) electrons. The van der Waals surface area contributed by atoms with Crippen LogP contribution in [0.15, 0.2) is 0 Å². The Bertz CT molecular complexity index is 462. The molecule has 3 N–H and O–H groups in total. The summed E-state index contributed by atoms with van der Waals surface area (Å²) in [6, 6.07) is -0.438. The van der Waals surface area contributed by atoms with Crippen LogP contribution in [0.1, 0.15) is 43.5 Å². The summed E-state index contributed by atoms with van der Waals surface area (Å²) >= 11 is 0.895. The van der Waals surface area contributed by atoms with E-state index in [0.29, 0.717) is 13.2 Å². The number of carbonyl (C=O) groups is 2. The molecule has 1 aromatic heterocycles. The van der Waals surface area contributed by atoms with Crippen molar-refractivity contribution in [2.75, 3.05) is 18.5 Å². The first-order valence-electron chi connectivity index (χ1n) is 6.50. The largest absolute Gasteiger partial charge is 0.477 e. The van der Waals surface area contributed by atoms with Crippen LogP contribution in [0, 0.1) is 0 Å². The second-order valence-electron chi connectivity index (χ2n) is 4.08. The third-order valence-corrected chi connectivity index (χ3v) is 3.11.